The minimum atomic E-state index is -1.86. The Balaban J connectivity index is 0.000000230. The predicted octanol–water partition coefficient (Wildman–Crippen LogP) is 13.6. The number of benzene rings is 5. The zero-order valence-corrected chi connectivity index (χ0v) is 39.4. The molecule has 58 heavy (non-hydrogen) atoms. The quantitative estimate of drug-likeness (QED) is 0.107. The summed E-state index contributed by atoms with van der Waals surface area (Å²) in [6.45, 7) is 13.5. The molecule has 0 unspecified atom stereocenters. The third kappa shape index (κ3) is 9.15. The molecule has 0 atom stereocenters. The molecule has 0 bridgehead atoms. The van der Waals surface area contributed by atoms with Crippen LogP contribution in [0.2, 0.25) is 17.3 Å². The van der Waals surface area contributed by atoms with Crippen LogP contribution in [0.4, 0.5) is 4.39 Å². The smallest absolute Gasteiger partial charge is 0.113 e. The summed E-state index contributed by atoms with van der Waals surface area (Å²) in [5, 5.41) is 0.662. The van der Waals surface area contributed by atoms with Crippen molar-refractivity contribution >= 4 is 39.7 Å². The molecular weight excluding hydrogens is 954 g/mol. The van der Waals surface area contributed by atoms with Crippen molar-refractivity contribution in [2.45, 2.75) is 77.1 Å². The number of imidazole rings is 1. The Bertz CT molecular complexity index is 2610. The van der Waals surface area contributed by atoms with Gasteiger partial charge in [-0.3, -0.25) is 4.98 Å². The maximum absolute atomic E-state index is 14.3. The average Bonchev–Trinajstić information content (AvgIpc) is 3.78. The summed E-state index contributed by atoms with van der Waals surface area (Å²) >= 11 is -1.86. The van der Waals surface area contributed by atoms with E-state index in [0.29, 0.717) is 28.3 Å². The van der Waals surface area contributed by atoms with Gasteiger partial charge >= 0.3 is 126 Å². The first-order valence-corrected chi connectivity index (χ1v) is 27.4. The molecule has 3 heterocycles. The molecule has 1 radical (unpaired) electrons. The van der Waals surface area contributed by atoms with Gasteiger partial charge < -0.3 is 8.98 Å². The summed E-state index contributed by atoms with van der Waals surface area (Å²) in [4.78, 5) is 9.74. The van der Waals surface area contributed by atoms with Crippen LogP contribution in [0.1, 0.15) is 70.1 Å². The largest absolute Gasteiger partial charge is 0.557 e. The van der Waals surface area contributed by atoms with Crippen LogP contribution >= 0.6 is 0 Å². The molecule has 3 aromatic heterocycles. The second kappa shape index (κ2) is 18.1. The molecule has 5 aromatic carbocycles. The van der Waals surface area contributed by atoms with Crippen LogP contribution < -0.4 is 4.40 Å². The van der Waals surface area contributed by atoms with E-state index in [2.05, 4.69) is 137 Å². The van der Waals surface area contributed by atoms with E-state index in [1.807, 2.05) is 42.5 Å². The minimum Gasteiger partial charge on any atom is -0.557 e. The number of pyridine rings is 1. The van der Waals surface area contributed by atoms with Gasteiger partial charge in [0.2, 0.25) is 0 Å². The summed E-state index contributed by atoms with van der Waals surface area (Å²) in [6, 6.07) is 41.4. The average molecular weight is 1010 g/mol. The second-order valence-corrected chi connectivity index (χ2v) is 27.6. The van der Waals surface area contributed by atoms with Gasteiger partial charge in [-0.25, -0.2) is 4.39 Å². The van der Waals surface area contributed by atoms with Crippen molar-refractivity contribution in [2.24, 2.45) is 5.92 Å². The van der Waals surface area contributed by atoms with Crippen molar-refractivity contribution in [3.63, 3.8) is 0 Å². The first-order valence-electron chi connectivity index (χ1n) is 20.1. The Morgan fingerprint density at radius 3 is 2.07 bits per heavy atom. The van der Waals surface area contributed by atoms with Gasteiger partial charge in [-0.2, -0.15) is 0 Å². The standard InChI is InChI=1S/C33H28FN2O.C18H24GeN.Ir/c1-20(2)25-16-23(22-10-6-5-7-11-22)17-26(21(3)4)32(25)36-30-13-9-8-12-29(30)35-33(36)28-19-37-31-15-14-24(34)18-27(28)31;1-14(2)11-16-12-18(15-9-7-6-8-10-15)20-13-17(16)19(3,4)5;/h5-18,20-21H,1-4H3;6-9,12-14H,11H2,1-5H3;/q2*-1;. The molecule has 7 heteroatoms. The number of rotatable bonds is 9. The number of aromatic nitrogens is 3. The molecule has 299 valence electrons. The Morgan fingerprint density at radius 1 is 0.759 bits per heavy atom. The van der Waals surface area contributed by atoms with Crippen molar-refractivity contribution < 1.29 is 28.9 Å². The van der Waals surface area contributed by atoms with Crippen molar-refractivity contribution in [3.8, 4) is 39.5 Å². The molecule has 0 N–H and O–H groups in total. The van der Waals surface area contributed by atoms with Crippen molar-refractivity contribution in [2.75, 3.05) is 0 Å². The molecule has 0 fully saturated rings. The van der Waals surface area contributed by atoms with E-state index in [1.165, 1.54) is 39.9 Å². The van der Waals surface area contributed by atoms with E-state index >= 15 is 0 Å². The molecule has 0 spiro atoms. The maximum atomic E-state index is 14.3. The Kier molecular flexibility index (Phi) is 13.4. The fourth-order valence-electron chi connectivity index (χ4n) is 7.63. The van der Waals surface area contributed by atoms with E-state index < -0.39 is 13.3 Å². The first kappa shape index (κ1) is 43.0. The molecule has 8 aromatic rings. The molecular formula is C51H52FGeIrN3O-2. The number of para-hydroxylation sites is 2. The summed E-state index contributed by atoms with van der Waals surface area (Å²) < 4.78 is 23.8. The van der Waals surface area contributed by atoms with Gasteiger partial charge in [-0.05, 0) is 64.4 Å². The predicted molar refractivity (Wildman–Crippen MR) is 239 cm³/mol. The van der Waals surface area contributed by atoms with Gasteiger partial charge in [0.25, 0.3) is 0 Å². The third-order valence-corrected chi connectivity index (χ3v) is 14.7. The van der Waals surface area contributed by atoms with Crippen LogP contribution in [-0.2, 0) is 26.5 Å². The summed E-state index contributed by atoms with van der Waals surface area (Å²) in [5.74, 6) is 8.89. The normalized spacial score (nSPS) is 11.7. The van der Waals surface area contributed by atoms with E-state index in [0.717, 1.165) is 34.4 Å². The zero-order chi connectivity index (χ0) is 40.4. The van der Waals surface area contributed by atoms with Gasteiger partial charge in [0.15, 0.2) is 0 Å². The number of furan rings is 1. The van der Waals surface area contributed by atoms with Crippen molar-refractivity contribution in [1.82, 2.24) is 14.5 Å². The molecule has 4 nitrogen and oxygen atoms in total. The molecule has 0 saturated carbocycles. The van der Waals surface area contributed by atoms with E-state index in [4.69, 9.17) is 14.4 Å². The molecule has 0 aliphatic carbocycles. The van der Waals surface area contributed by atoms with Crippen molar-refractivity contribution in [3.05, 3.63) is 156 Å². The van der Waals surface area contributed by atoms with E-state index in [9.17, 15) is 4.39 Å². The Morgan fingerprint density at radius 2 is 1.43 bits per heavy atom. The summed E-state index contributed by atoms with van der Waals surface area (Å²) in [6.07, 6.45) is 6.31. The van der Waals surface area contributed by atoms with Gasteiger partial charge in [-0.15, -0.1) is 0 Å². The van der Waals surface area contributed by atoms with Gasteiger partial charge in [-0.1, -0.05) is 93.2 Å². The van der Waals surface area contributed by atoms with Gasteiger partial charge in [0.1, 0.15) is 5.82 Å². The van der Waals surface area contributed by atoms with Crippen LogP contribution in [0.3, 0.4) is 0 Å². The number of halogens is 1. The van der Waals surface area contributed by atoms with Crippen LogP contribution in [0.5, 0.6) is 0 Å². The molecule has 0 aliphatic heterocycles. The van der Waals surface area contributed by atoms with Crippen LogP contribution in [0.25, 0.3) is 61.5 Å². The fourth-order valence-corrected chi connectivity index (χ4v) is 11.0. The molecule has 0 amide bonds. The van der Waals surface area contributed by atoms with Crippen LogP contribution in [0, 0.1) is 24.1 Å². The van der Waals surface area contributed by atoms with E-state index in [1.54, 1.807) is 10.5 Å². The maximum Gasteiger partial charge on any atom is 0.113 e. The molecule has 8 rings (SSSR count). The third-order valence-electron chi connectivity index (χ3n) is 10.4. The number of nitrogens with zero attached hydrogens (tertiary/aromatic N) is 3. The molecule has 0 aliphatic rings. The first-order chi connectivity index (χ1) is 27.3. The number of fused-ring (bicyclic) bond motifs is 2. The Labute approximate surface area is 359 Å². The topological polar surface area (TPSA) is 43.9 Å². The van der Waals surface area contributed by atoms with Crippen molar-refractivity contribution in [1.29, 1.82) is 0 Å². The zero-order valence-electron chi connectivity index (χ0n) is 34.9. The number of hydrogen-bond donors (Lipinski definition) is 0. The van der Waals surface area contributed by atoms with E-state index in [-0.39, 0.29) is 37.8 Å². The van der Waals surface area contributed by atoms with Crippen LogP contribution in [0.15, 0.2) is 126 Å². The summed E-state index contributed by atoms with van der Waals surface area (Å²) in [7, 11) is 0. The minimum absolute atomic E-state index is 0. The second-order valence-electron chi connectivity index (χ2n) is 17.0. The number of hydrogen-bond acceptors (Lipinski definition) is 3. The van der Waals surface area contributed by atoms with Gasteiger partial charge in [0, 0.05) is 37.6 Å². The van der Waals surface area contributed by atoms with Crippen LogP contribution in [-0.4, -0.2) is 27.8 Å². The Hall–Kier alpha value is -4.62. The fraction of sp³-hybridized carbons (Fsp3) is 0.255. The summed E-state index contributed by atoms with van der Waals surface area (Å²) in [5.41, 5.74) is 12.7. The SMILES string of the molecule is CC(C)Cc1cc(-c2[c-]cccc2)nc[c]1[Ge]([CH3])([CH3])[CH3].CC(C)c1cc(-c2ccccc2)cc(C(C)C)c1-n1c(-c2[c-]oc3ccc(F)cc23)nc2ccccc21.[Ir]. The van der Waals surface area contributed by atoms with Gasteiger partial charge in [0.05, 0.1) is 16.9 Å². The molecule has 0 saturated heterocycles. The monoisotopic (exact) mass is 1010 g/mol.